The molecule has 1 aromatic heterocycles. The van der Waals surface area contributed by atoms with Gasteiger partial charge in [-0.1, -0.05) is 44.9 Å². The van der Waals surface area contributed by atoms with Crippen molar-refractivity contribution in [2.24, 2.45) is 11.8 Å². The maximum atomic E-state index is 12.6. The summed E-state index contributed by atoms with van der Waals surface area (Å²) in [6, 6.07) is 9.77. The van der Waals surface area contributed by atoms with Crippen LogP contribution in [0.3, 0.4) is 0 Å². The molecule has 0 bridgehead atoms. The van der Waals surface area contributed by atoms with Crippen molar-refractivity contribution in [1.29, 1.82) is 0 Å². The standard InChI is InChI=1S/C20H26N4OS/c1-12-7-6-10-17(14(12)3)22-20(26)24-23-19(25)16-11-13(2)21-18-9-5-4-8-15(16)18/h4-5,8-9,11-12,14,17H,6-7,10H2,1-3H3,(H,23,25)(H2,22,24,26)/t12-,14-,17+/m0/s1. The number of hydrazine groups is 1. The number of pyridine rings is 1. The van der Waals surface area contributed by atoms with Gasteiger partial charge in [0.2, 0.25) is 0 Å². The molecule has 0 saturated heterocycles. The highest BCUT2D eigenvalue weighted by Gasteiger charge is 2.27. The Kier molecular flexibility index (Phi) is 5.71. The average Bonchev–Trinajstić information content (AvgIpc) is 2.62. The van der Waals surface area contributed by atoms with E-state index in [-0.39, 0.29) is 5.91 Å². The number of carbonyl (C=O) groups is 1. The number of fused-ring (bicyclic) bond motifs is 1. The van der Waals surface area contributed by atoms with Crippen LogP contribution >= 0.6 is 12.2 Å². The summed E-state index contributed by atoms with van der Waals surface area (Å²) >= 11 is 5.37. The lowest BCUT2D eigenvalue weighted by Gasteiger charge is -2.35. The Morgan fingerprint density at radius 2 is 1.96 bits per heavy atom. The van der Waals surface area contributed by atoms with Gasteiger partial charge in [-0.2, -0.15) is 0 Å². The van der Waals surface area contributed by atoms with Crippen LogP contribution < -0.4 is 16.2 Å². The topological polar surface area (TPSA) is 66.1 Å². The molecule has 0 unspecified atom stereocenters. The molecule has 0 aliphatic heterocycles. The Morgan fingerprint density at radius 1 is 1.19 bits per heavy atom. The number of thiocarbonyl (C=S) groups is 1. The number of para-hydroxylation sites is 1. The molecule has 5 nitrogen and oxygen atoms in total. The lowest BCUT2D eigenvalue weighted by molar-refractivity contribution is 0.0944. The third-order valence-electron chi connectivity index (χ3n) is 5.40. The van der Waals surface area contributed by atoms with Crippen molar-refractivity contribution in [3.63, 3.8) is 0 Å². The van der Waals surface area contributed by atoms with Gasteiger partial charge in [-0.3, -0.25) is 20.6 Å². The Hall–Kier alpha value is -2.21. The normalized spacial score (nSPS) is 22.7. The molecule has 1 saturated carbocycles. The van der Waals surface area contributed by atoms with Gasteiger partial charge >= 0.3 is 0 Å². The number of rotatable bonds is 2. The largest absolute Gasteiger partial charge is 0.358 e. The van der Waals surface area contributed by atoms with Gasteiger partial charge in [-0.15, -0.1) is 0 Å². The smallest absolute Gasteiger partial charge is 0.270 e. The van der Waals surface area contributed by atoms with E-state index in [2.05, 4.69) is 35.0 Å². The third-order valence-corrected chi connectivity index (χ3v) is 5.62. The molecule has 1 amide bonds. The van der Waals surface area contributed by atoms with Crippen molar-refractivity contribution in [3.8, 4) is 0 Å². The summed E-state index contributed by atoms with van der Waals surface area (Å²) in [5.74, 6) is 1.02. The number of carbonyl (C=O) groups excluding carboxylic acids is 1. The Bertz CT molecular complexity index is 823. The van der Waals surface area contributed by atoms with Crippen molar-refractivity contribution in [3.05, 3.63) is 41.6 Å². The molecule has 0 radical (unpaired) electrons. The number of aryl methyl sites for hydroxylation is 1. The van der Waals surface area contributed by atoms with Gasteiger partial charge in [0.15, 0.2) is 5.11 Å². The maximum Gasteiger partial charge on any atom is 0.270 e. The first-order valence-electron chi connectivity index (χ1n) is 9.19. The highest BCUT2D eigenvalue weighted by molar-refractivity contribution is 7.80. The molecule has 1 aliphatic carbocycles. The molecule has 1 aromatic carbocycles. The molecule has 138 valence electrons. The Morgan fingerprint density at radius 3 is 2.77 bits per heavy atom. The van der Waals surface area contributed by atoms with Crippen molar-refractivity contribution >= 4 is 34.1 Å². The first kappa shape index (κ1) is 18.6. The molecule has 3 atom stereocenters. The fourth-order valence-electron chi connectivity index (χ4n) is 3.67. The van der Waals surface area contributed by atoms with Crippen molar-refractivity contribution in [2.45, 2.75) is 46.1 Å². The molecule has 1 heterocycles. The number of hydrogen-bond donors (Lipinski definition) is 3. The summed E-state index contributed by atoms with van der Waals surface area (Å²) in [6.45, 7) is 6.43. The average molecular weight is 371 g/mol. The zero-order chi connectivity index (χ0) is 18.7. The lowest BCUT2D eigenvalue weighted by Crippen LogP contribution is -2.52. The molecule has 26 heavy (non-hydrogen) atoms. The van der Waals surface area contributed by atoms with E-state index in [0.29, 0.717) is 28.6 Å². The van der Waals surface area contributed by atoms with E-state index in [9.17, 15) is 4.79 Å². The summed E-state index contributed by atoms with van der Waals surface area (Å²) < 4.78 is 0. The number of benzene rings is 1. The molecule has 2 aromatic rings. The van der Waals surface area contributed by atoms with Crippen LogP contribution in [0.1, 0.15) is 49.2 Å². The van der Waals surface area contributed by atoms with Crippen LogP contribution in [0.2, 0.25) is 0 Å². The highest BCUT2D eigenvalue weighted by atomic mass is 32.1. The van der Waals surface area contributed by atoms with Crippen LogP contribution in [0, 0.1) is 18.8 Å². The van der Waals surface area contributed by atoms with Gasteiger partial charge in [-0.25, -0.2) is 0 Å². The molecular weight excluding hydrogens is 344 g/mol. The predicted octanol–water partition coefficient (Wildman–Crippen LogP) is 3.48. The first-order chi connectivity index (χ1) is 12.5. The van der Waals surface area contributed by atoms with Gasteiger partial charge in [0.05, 0.1) is 11.1 Å². The van der Waals surface area contributed by atoms with Crippen LogP contribution in [0.15, 0.2) is 30.3 Å². The number of hydrogen-bond acceptors (Lipinski definition) is 3. The van der Waals surface area contributed by atoms with Crippen LogP contribution in [0.5, 0.6) is 0 Å². The van der Waals surface area contributed by atoms with Crippen molar-refractivity contribution in [1.82, 2.24) is 21.2 Å². The van der Waals surface area contributed by atoms with E-state index < -0.39 is 0 Å². The Labute approximate surface area is 159 Å². The summed E-state index contributed by atoms with van der Waals surface area (Å²) in [5.41, 5.74) is 7.76. The van der Waals surface area contributed by atoms with Crippen LogP contribution in [0.25, 0.3) is 10.9 Å². The van der Waals surface area contributed by atoms with E-state index in [0.717, 1.165) is 23.0 Å². The molecule has 1 aliphatic rings. The first-order valence-corrected chi connectivity index (χ1v) is 9.59. The van der Waals surface area contributed by atoms with Gasteiger partial charge in [-0.05, 0) is 49.5 Å². The van der Waals surface area contributed by atoms with E-state index >= 15 is 0 Å². The number of nitrogens with one attached hydrogen (secondary N) is 3. The second kappa shape index (κ2) is 7.99. The van der Waals surface area contributed by atoms with Gasteiger partial charge in [0.1, 0.15) is 0 Å². The summed E-state index contributed by atoms with van der Waals surface area (Å²) in [4.78, 5) is 17.1. The molecule has 0 spiro atoms. The van der Waals surface area contributed by atoms with Gasteiger partial charge in [0, 0.05) is 17.1 Å². The SMILES string of the molecule is Cc1cc(C(=O)NNC(=S)N[C@@H]2CCC[C@H](C)[C@@H]2C)c2ccccc2n1. The highest BCUT2D eigenvalue weighted by Crippen LogP contribution is 2.29. The molecule has 6 heteroatoms. The minimum atomic E-state index is -0.221. The zero-order valence-electron chi connectivity index (χ0n) is 15.5. The van der Waals surface area contributed by atoms with Crippen LogP contribution in [0.4, 0.5) is 0 Å². The maximum absolute atomic E-state index is 12.6. The second-order valence-electron chi connectivity index (χ2n) is 7.25. The third kappa shape index (κ3) is 4.12. The van der Waals surface area contributed by atoms with E-state index in [4.69, 9.17) is 12.2 Å². The molecule has 3 rings (SSSR count). The van der Waals surface area contributed by atoms with Gasteiger partial charge in [0.25, 0.3) is 5.91 Å². The van der Waals surface area contributed by atoms with Crippen LogP contribution in [-0.4, -0.2) is 22.0 Å². The molecular formula is C20H26N4OS. The van der Waals surface area contributed by atoms with Gasteiger partial charge < -0.3 is 5.32 Å². The van der Waals surface area contributed by atoms with Crippen molar-refractivity contribution in [2.75, 3.05) is 0 Å². The fraction of sp³-hybridized carbons (Fsp3) is 0.450. The fourth-order valence-corrected chi connectivity index (χ4v) is 3.87. The molecule has 1 fully saturated rings. The quantitative estimate of drug-likeness (QED) is 0.558. The number of amides is 1. The minimum Gasteiger partial charge on any atom is -0.358 e. The predicted molar refractivity (Wildman–Crippen MR) is 109 cm³/mol. The Balaban J connectivity index is 1.63. The summed E-state index contributed by atoms with van der Waals surface area (Å²) in [6.07, 6.45) is 3.58. The second-order valence-corrected chi connectivity index (χ2v) is 7.66. The lowest BCUT2D eigenvalue weighted by atomic mass is 9.78. The monoisotopic (exact) mass is 370 g/mol. The number of nitrogens with zero attached hydrogens (tertiary/aromatic N) is 1. The molecule has 3 N–H and O–H groups in total. The van der Waals surface area contributed by atoms with Crippen LogP contribution in [-0.2, 0) is 0 Å². The number of aromatic nitrogens is 1. The zero-order valence-corrected chi connectivity index (χ0v) is 16.3. The van der Waals surface area contributed by atoms with Crippen molar-refractivity contribution < 1.29 is 4.79 Å². The van der Waals surface area contributed by atoms with E-state index in [1.54, 1.807) is 6.07 Å². The van der Waals surface area contributed by atoms with E-state index in [1.165, 1.54) is 12.8 Å². The van der Waals surface area contributed by atoms with E-state index in [1.807, 2.05) is 31.2 Å². The summed E-state index contributed by atoms with van der Waals surface area (Å²) in [7, 11) is 0. The summed E-state index contributed by atoms with van der Waals surface area (Å²) in [5, 5.41) is 4.63. The minimum absolute atomic E-state index is 0.221.